The lowest BCUT2D eigenvalue weighted by atomic mass is 10.1. The van der Waals surface area contributed by atoms with Crippen molar-refractivity contribution < 1.29 is 0 Å². The van der Waals surface area contributed by atoms with E-state index < -0.39 is 0 Å². The molecule has 5 heteroatoms. The van der Waals surface area contributed by atoms with Gasteiger partial charge in [-0.05, 0) is 67.2 Å². The molecule has 0 unspecified atom stereocenters. The van der Waals surface area contributed by atoms with Gasteiger partial charge in [-0.2, -0.15) is 0 Å². The van der Waals surface area contributed by atoms with E-state index in [-0.39, 0.29) is 0 Å². The van der Waals surface area contributed by atoms with E-state index in [9.17, 15) is 0 Å². The van der Waals surface area contributed by atoms with Crippen LogP contribution in [0.1, 0.15) is 11.3 Å². The van der Waals surface area contributed by atoms with Gasteiger partial charge in [-0.15, -0.1) is 0 Å². The lowest BCUT2D eigenvalue weighted by Gasteiger charge is -2.11. The molecule has 118 valence electrons. The van der Waals surface area contributed by atoms with Gasteiger partial charge < -0.3 is 15.2 Å². The topological polar surface area (TPSA) is 29.0 Å². The standard InChI is InChI=1S/C18H18ClN3S/c1-12-9-14-10-13(3-8-17(14)22(12)2)11-20-18(23)21-16-6-4-15(19)5-7-16/h3-10H,11H2,1-2H3,(H2,20,21,23). The van der Waals surface area contributed by atoms with Crippen molar-refractivity contribution >= 4 is 45.5 Å². The Morgan fingerprint density at radius 3 is 2.61 bits per heavy atom. The summed E-state index contributed by atoms with van der Waals surface area (Å²) in [4.78, 5) is 0. The van der Waals surface area contributed by atoms with Gasteiger partial charge in [0, 0.05) is 40.9 Å². The second-order valence-corrected chi connectivity index (χ2v) is 6.40. The molecule has 0 aliphatic rings. The first-order valence-electron chi connectivity index (χ1n) is 7.38. The third kappa shape index (κ3) is 3.66. The smallest absolute Gasteiger partial charge is 0.171 e. The summed E-state index contributed by atoms with van der Waals surface area (Å²) < 4.78 is 2.19. The molecule has 0 saturated carbocycles. The lowest BCUT2D eigenvalue weighted by molar-refractivity contribution is 0.913. The van der Waals surface area contributed by atoms with E-state index in [1.54, 1.807) is 0 Å². The third-order valence-corrected chi connectivity index (χ3v) is 4.40. The van der Waals surface area contributed by atoms with Crippen molar-refractivity contribution in [3.05, 3.63) is 64.8 Å². The number of anilines is 1. The van der Waals surface area contributed by atoms with Crippen LogP contribution in [-0.2, 0) is 13.6 Å². The quantitative estimate of drug-likeness (QED) is 0.679. The zero-order valence-electron chi connectivity index (χ0n) is 13.1. The van der Waals surface area contributed by atoms with Crippen LogP contribution in [0.2, 0.25) is 5.02 Å². The van der Waals surface area contributed by atoms with Gasteiger partial charge in [0.15, 0.2) is 5.11 Å². The Balaban J connectivity index is 1.63. The van der Waals surface area contributed by atoms with Crippen LogP contribution in [0.5, 0.6) is 0 Å². The van der Waals surface area contributed by atoms with Crippen LogP contribution in [0, 0.1) is 6.92 Å². The number of aryl methyl sites for hydroxylation is 2. The number of nitrogens with one attached hydrogen (secondary N) is 2. The fourth-order valence-corrected chi connectivity index (χ4v) is 2.85. The van der Waals surface area contributed by atoms with Gasteiger partial charge in [0.25, 0.3) is 0 Å². The fraction of sp³-hybridized carbons (Fsp3) is 0.167. The monoisotopic (exact) mass is 343 g/mol. The summed E-state index contributed by atoms with van der Waals surface area (Å²) in [5.41, 5.74) is 4.61. The minimum absolute atomic E-state index is 0.594. The molecule has 0 saturated heterocycles. The van der Waals surface area contributed by atoms with Gasteiger partial charge >= 0.3 is 0 Å². The highest BCUT2D eigenvalue weighted by Gasteiger charge is 2.04. The Kier molecular flexibility index (Phi) is 4.55. The summed E-state index contributed by atoms with van der Waals surface area (Å²) in [6, 6.07) is 16.1. The van der Waals surface area contributed by atoms with Gasteiger partial charge in [0.2, 0.25) is 0 Å². The molecule has 3 rings (SSSR count). The molecule has 0 aliphatic carbocycles. The van der Waals surface area contributed by atoms with Crippen molar-refractivity contribution in [2.75, 3.05) is 5.32 Å². The van der Waals surface area contributed by atoms with E-state index in [1.807, 2.05) is 24.3 Å². The second kappa shape index (κ2) is 6.60. The molecule has 0 atom stereocenters. The zero-order chi connectivity index (χ0) is 16.4. The van der Waals surface area contributed by atoms with Crippen molar-refractivity contribution in [2.45, 2.75) is 13.5 Å². The van der Waals surface area contributed by atoms with E-state index in [1.165, 1.54) is 22.2 Å². The molecule has 2 aromatic carbocycles. The van der Waals surface area contributed by atoms with E-state index in [0.717, 1.165) is 5.69 Å². The number of fused-ring (bicyclic) bond motifs is 1. The summed E-state index contributed by atoms with van der Waals surface area (Å²) in [6.07, 6.45) is 0. The largest absolute Gasteiger partial charge is 0.358 e. The maximum Gasteiger partial charge on any atom is 0.171 e. The predicted molar refractivity (Wildman–Crippen MR) is 102 cm³/mol. The Morgan fingerprint density at radius 2 is 1.87 bits per heavy atom. The maximum absolute atomic E-state index is 5.87. The van der Waals surface area contributed by atoms with Gasteiger partial charge in [-0.1, -0.05) is 17.7 Å². The zero-order valence-corrected chi connectivity index (χ0v) is 14.6. The molecule has 0 spiro atoms. The molecule has 1 heterocycles. The number of rotatable bonds is 3. The van der Waals surface area contributed by atoms with Crippen LogP contribution >= 0.6 is 23.8 Å². The molecule has 0 fully saturated rings. The number of halogens is 1. The number of aromatic nitrogens is 1. The normalized spacial score (nSPS) is 10.7. The molecule has 0 radical (unpaired) electrons. The fourth-order valence-electron chi connectivity index (χ4n) is 2.54. The van der Waals surface area contributed by atoms with Crippen LogP contribution in [-0.4, -0.2) is 9.68 Å². The van der Waals surface area contributed by atoms with Crippen molar-refractivity contribution in [3.8, 4) is 0 Å². The van der Waals surface area contributed by atoms with Crippen molar-refractivity contribution in [2.24, 2.45) is 7.05 Å². The number of nitrogens with zero attached hydrogens (tertiary/aromatic N) is 1. The van der Waals surface area contributed by atoms with Crippen LogP contribution in [0.15, 0.2) is 48.5 Å². The number of thiocarbonyl (C=S) groups is 1. The van der Waals surface area contributed by atoms with Gasteiger partial charge in [-0.25, -0.2) is 0 Å². The number of benzene rings is 2. The van der Waals surface area contributed by atoms with Gasteiger partial charge in [0.1, 0.15) is 0 Å². The molecule has 0 amide bonds. The second-order valence-electron chi connectivity index (χ2n) is 5.55. The summed E-state index contributed by atoms with van der Waals surface area (Å²) in [7, 11) is 2.08. The third-order valence-electron chi connectivity index (χ3n) is 3.90. The van der Waals surface area contributed by atoms with Crippen LogP contribution in [0.25, 0.3) is 10.9 Å². The number of hydrogen-bond donors (Lipinski definition) is 2. The average Bonchev–Trinajstić information content (AvgIpc) is 2.82. The summed E-state index contributed by atoms with van der Waals surface area (Å²) in [5.74, 6) is 0. The van der Waals surface area contributed by atoms with Gasteiger partial charge in [0.05, 0.1) is 0 Å². The molecule has 3 aromatic rings. The predicted octanol–water partition coefficient (Wildman–Crippen LogP) is 4.63. The number of hydrogen-bond acceptors (Lipinski definition) is 1. The van der Waals surface area contributed by atoms with Crippen molar-refractivity contribution in [1.82, 2.24) is 9.88 Å². The van der Waals surface area contributed by atoms with Crippen molar-refractivity contribution in [1.29, 1.82) is 0 Å². The van der Waals surface area contributed by atoms with Crippen molar-refractivity contribution in [3.63, 3.8) is 0 Å². The first-order valence-corrected chi connectivity index (χ1v) is 8.17. The Labute approximate surface area is 146 Å². The molecule has 1 aromatic heterocycles. The van der Waals surface area contributed by atoms with E-state index in [2.05, 4.69) is 53.4 Å². The first-order chi connectivity index (χ1) is 11.0. The van der Waals surface area contributed by atoms with Crippen LogP contribution in [0.3, 0.4) is 0 Å². The van der Waals surface area contributed by atoms with E-state index >= 15 is 0 Å². The SMILES string of the molecule is Cc1cc2cc(CNC(=S)Nc3ccc(Cl)cc3)ccc2n1C. The van der Waals surface area contributed by atoms with Crippen LogP contribution < -0.4 is 10.6 Å². The highest BCUT2D eigenvalue weighted by atomic mass is 35.5. The highest BCUT2D eigenvalue weighted by Crippen LogP contribution is 2.19. The Morgan fingerprint density at radius 1 is 1.13 bits per heavy atom. The molecular weight excluding hydrogens is 326 g/mol. The molecule has 23 heavy (non-hydrogen) atoms. The van der Waals surface area contributed by atoms with E-state index in [0.29, 0.717) is 16.7 Å². The summed E-state index contributed by atoms with van der Waals surface area (Å²) in [5, 5.41) is 8.93. The molecule has 2 N–H and O–H groups in total. The van der Waals surface area contributed by atoms with Crippen LogP contribution in [0.4, 0.5) is 5.69 Å². The molecular formula is C18H18ClN3S. The van der Waals surface area contributed by atoms with Gasteiger partial charge in [-0.3, -0.25) is 0 Å². The minimum Gasteiger partial charge on any atom is -0.358 e. The minimum atomic E-state index is 0.594. The molecule has 0 bridgehead atoms. The molecule has 3 nitrogen and oxygen atoms in total. The van der Waals surface area contributed by atoms with E-state index in [4.69, 9.17) is 23.8 Å². The maximum atomic E-state index is 5.87. The Bertz CT molecular complexity index is 853. The Hall–Kier alpha value is -2.04. The summed E-state index contributed by atoms with van der Waals surface area (Å²) in [6.45, 7) is 2.80. The highest BCUT2D eigenvalue weighted by molar-refractivity contribution is 7.80. The summed E-state index contributed by atoms with van der Waals surface area (Å²) >= 11 is 11.2. The molecule has 0 aliphatic heterocycles. The first kappa shape index (κ1) is 15.8. The lowest BCUT2D eigenvalue weighted by Crippen LogP contribution is -2.27. The average molecular weight is 344 g/mol.